The first kappa shape index (κ1) is 14.9. The van der Waals surface area contributed by atoms with E-state index in [0.29, 0.717) is 11.3 Å². The molecule has 0 fully saturated rings. The Morgan fingerprint density at radius 1 is 1.39 bits per heavy atom. The molecule has 0 atom stereocenters. The standard InChI is InChI=1S/C12H20N2O3S/c1-9-10(13)5-4-6-11(9)18(16,17)14-7-12(2,3)8-15/h4-6,14-15H,7-8,13H2,1-3H3. The van der Waals surface area contributed by atoms with Crippen LogP contribution in [0.2, 0.25) is 0 Å². The second-order valence-corrected chi connectivity index (χ2v) is 6.85. The van der Waals surface area contributed by atoms with Crippen LogP contribution in [-0.4, -0.2) is 26.7 Å². The minimum Gasteiger partial charge on any atom is -0.398 e. The average molecular weight is 272 g/mol. The molecule has 5 nitrogen and oxygen atoms in total. The number of rotatable bonds is 5. The lowest BCUT2D eigenvalue weighted by atomic mass is 9.96. The molecule has 6 heteroatoms. The number of nitrogens with one attached hydrogen (secondary N) is 1. The lowest BCUT2D eigenvalue weighted by Crippen LogP contribution is -2.36. The number of benzene rings is 1. The third kappa shape index (κ3) is 3.44. The Balaban J connectivity index is 2.98. The highest BCUT2D eigenvalue weighted by Gasteiger charge is 2.23. The summed E-state index contributed by atoms with van der Waals surface area (Å²) in [6, 6.07) is 4.78. The molecule has 4 N–H and O–H groups in total. The maximum Gasteiger partial charge on any atom is 0.240 e. The predicted molar refractivity (Wildman–Crippen MR) is 71.6 cm³/mol. The van der Waals surface area contributed by atoms with Gasteiger partial charge in [0.2, 0.25) is 10.0 Å². The molecule has 0 spiro atoms. The SMILES string of the molecule is Cc1c(N)cccc1S(=O)(=O)NCC(C)(C)CO. The number of nitrogens with two attached hydrogens (primary N) is 1. The van der Waals surface area contributed by atoms with Gasteiger partial charge in [0.15, 0.2) is 0 Å². The number of hydrogen-bond acceptors (Lipinski definition) is 4. The van der Waals surface area contributed by atoms with Gasteiger partial charge in [0.05, 0.1) is 4.90 Å². The fourth-order valence-corrected chi connectivity index (χ4v) is 2.86. The van der Waals surface area contributed by atoms with Crippen LogP contribution < -0.4 is 10.5 Å². The molecule has 0 aliphatic rings. The molecular weight excluding hydrogens is 252 g/mol. The fourth-order valence-electron chi connectivity index (χ4n) is 1.35. The summed E-state index contributed by atoms with van der Waals surface area (Å²) in [5.41, 5.74) is 6.17. The van der Waals surface area contributed by atoms with Gasteiger partial charge in [-0.1, -0.05) is 19.9 Å². The zero-order valence-electron chi connectivity index (χ0n) is 10.9. The monoisotopic (exact) mass is 272 g/mol. The molecule has 1 aromatic rings. The van der Waals surface area contributed by atoms with Gasteiger partial charge in [-0.15, -0.1) is 0 Å². The number of aliphatic hydroxyl groups is 1. The van der Waals surface area contributed by atoms with Crippen molar-refractivity contribution >= 4 is 15.7 Å². The largest absolute Gasteiger partial charge is 0.398 e. The van der Waals surface area contributed by atoms with Crippen molar-refractivity contribution in [2.24, 2.45) is 5.41 Å². The summed E-state index contributed by atoms with van der Waals surface area (Å²) in [5.74, 6) is 0. The number of nitrogen functional groups attached to an aromatic ring is 1. The van der Waals surface area contributed by atoms with E-state index in [1.54, 1.807) is 32.9 Å². The van der Waals surface area contributed by atoms with Crippen molar-refractivity contribution in [1.29, 1.82) is 0 Å². The van der Waals surface area contributed by atoms with Crippen molar-refractivity contribution < 1.29 is 13.5 Å². The van der Waals surface area contributed by atoms with E-state index in [2.05, 4.69) is 4.72 Å². The maximum absolute atomic E-state index is 12.1. The highest BCUT2D eigenvalue weighted by molar-refractivity contribution is 7.89. The second kappa shape index (κ2) is 5.26. The lowest BCUT2D eigenvalue weighted by Gasteiger charge is -2.22. The summed E-state index contributed by atoms with van der Waals surface area (Å²) >= 11 is 0. The summed E-state index contributed by atoms with van der Waals surface area (Å²) in [6.45, 7) is 5.30. The van der Waals surface area contributed by atoms with Crippen LogP contribution in [0, 0.1) is 12.3 Å². The summed E-state index contributed by atoms with van der Waals surface area (Å²) in [5, 5.41) is 9.11. The first-order valence-corrected chi connectivity index (χ1v) is 7.13. The molecule has 0 amide bonds. The van der Waals surface area contributed by atoms with Gasteiger partial charge in [-0.3, -0.25) is 0 Å². The van der Waals surface area contributed by atoms with E-state index in [4.69, 9.17) is 10.8 Å². The van der Waals surface area contributed by atoms with Gasteiger partial charge in [0, 0.05) is 24.3 Å². The van der Waals surface area contributed by atoms with Crippen LogP contribution in [0.4, 0.5) is 5.69 Å². The summed E-state index contributed by atoms with van der Waals surface area (Å²) < 4.78 is 26.7. The second-order valence-electron chi connectivity index (χ2n) is 5.12. The number of hydrogen-bond donors (Lipinski definition) is 3. The van der Waals surface area contributed by atoms with Crippen molar-refractivity contribution in [1.82, 2.24) is 4.72 Å². The zero-order valence-corrected chi connectivity index (χ0v) is 11.7. The van der Waals surface area contributed by atoms with Crippen LogP contribution in [0.3, 0.4) is 0 Å². The highest BCUT2D eigenvalue weighted by atomic mass is 32.2. The Bertz CT molecular complexity index is 524. The maximum atomic E-state index is 12.1. The molecule has 0 heterocycles. The summed E-state index contributed by atoms with van der Waals surface area (Å²) in [7, 11) is -3.60. The van der Waals surface area contributed by atoms with Crippen LogP contribution in [0.5, 0.6) is 0 Å². The van der Waals surface area contributed by atoms with Gasteiger partial charge in [0.25, 0.3) is 0 Å². The van der Waals surface area contributed by atoms with Gasteiger partial charge in [0.1, 0.15) is 0 Å². The molecule has 18 heavy (non-hydrogen) atoms. The van der Waals surface area contributed by atoms with Gasteiger partial charge in [-0.2, -0.15) is 0 Å². The van der Waals surface area contributed by atoms with Crippen LogP contribution in [0.1, 0.15) is 19.4 Å². The zero-order chi connectivity index (χ0) is 14.0. The van der Waals surface area contributed by atoms with Gasteiger partial charge < -0.3 is 10.8 Å². The van der Waals surface area contributed by atoms with E-state index in [-0.39, 0.29) is 18.0 Å². The first-order chi connectivity index (χ1) is 8.19. The molecule has 1 aromatic carbocycles. The van der Waals surface area contributed by atoms with Crippen LogP contribution in [-0.2, 0) is 10.0 Å². The molecule has 0 aliphatic carbocycles. The Morgan fingerprint density at radius 2 is 2.00 bits per heavy atom. The highest BCUT2D eigenvalue weighted by Crippen LogP contribution is 2.21. The van der Waals surface area contributed by atoms with E-state index in [9.17, 15) is 8.42 Å². The summed E-state index contributed by atoms with van der Waals surface area (Å²) in [4.78, 5) is 0.177. The average Bonchev–Trinajstić information content (AvgIpc) is 2.30. The number of sulfonamides is 1. The molecule has 1 rings (SSSR count). The Labute approximate surface area is 108 Å². The minimum absolute atomic E-state index is 0.0918. The molecule has 0 unspecified atom stereocenters. The molecule has 0 saturated heterocycles. The fraction of sp³-hybridized carbons (Fsp3) is 0.500. The quantitative estimate of drug-likeness (QED) is 0.694. The summed E-state index contributed by atoms with van der Waals surface area (Å²) in [6.07, 6.45) is 0. The van der Waals surface area contributed by atoms with E-state index in [1.165, 1.54) is 6.07 Å². The first-order valence-electron chi connectivity index (χ1n) is 5.65. The van der Waals surface area contributed by atoms with Crippen molar-refractivity contribution in [2.75, 3.05) is 18.9 Å². The van der Waals surface area contributed by atoms with Crippen molar-refractivity contribution in [3.05, 3.63) is 23.8 Å². The minimum atomic E-state index is -3.60. The Morgan fingerprint density at radius 3 is 2.56 bits per heavy atom. The number of aliphatic hydroxyl groups excluding tert-OH is 1. The van der Waals surface area contributed by atoms with Gasteiger partial charge in [-0.25, -0.2) is 13.1 Å². The number of anilines is 1. The van der Waals surface area contributed by atoms with Crippen LogP contribution in [0.15, 0.2) is 23.1 Å². The van der Waals surface area contributed by atoms with Crippen LogP contribution in [0.25, 0.3) is 0 Å². The molecule has 102 valence electrons. The van der Waals surface area contributed by atoms with E-state index < -0.39 is 15.4 Å². The van der Waals surface area contributed by atoms with Gasteiger partial charge >= 0.3 is 0 Å². The third-order valence-corrected chi connectivity index (χ3v) is 4.33. The molecule has 0 aliphatic heterocycles. The van der Waals surface area contributed by atoms with Crippen LogP contribution >= 0.6 is 0 Å². The normalized spacial score (nSPS) is 12.7. The molecule has 0 bridgehead atoms. The van der Waals surface area contributed by atoms with E-state index in [0.717, 1.165) is 0 Å². The Hall–Kier alpha value is -1.11. The van der Waals surface area contributed by atoms with E-state index in [1.807, 2.05) is 0 Å². The molecule has 0 aromatic heterocycles. The van der Waals surface area contributed by atoms with Gasteiger partial charge in [-0.05, 0) is 24.6 Å². The molecule has 0 radical (unpaired) electrons. The molecule has 0 saturated carbocycles. The topological polar surface area (TPSA) is 92.4 Å². The smallest absolute Gasteiger partial charge is 0.240 e. The molecular formula is C12H20N2O3S. The third-order valence-electron chi connectivity index (χ3n) is 2.78. The van der Waals surface area contributed by atoms with Crippen molar-refractivity contribution in [3.63, 3.8) is 0 Å². The Kier molecular flexibility index (Phi) is 4.37. The van der Waals surface area contributed by atoms with Crippen molar-refractivity contribution in [2.45, 2.75) is 25.7 Å². The van der Waals surface area contributed by atoms with E-state index >= 15 is 0 Å². The van der Waals surface area contributed by atoms with Crippen molar-refractivity contribution in [3.8, 4) is 0 Å². The predicted octanol–water partition coefficient (Wildman–Crippen LogP) is 0.874. The lowest BCUT2D eigenvalue weighted by molar-refractivity contribution is 0.163.